The molecule has 0 radical (unpaired) electrons. The molecule has 0 fully saturated rings. The first-order valence-corrected chi connectivity index (χ1v) is 6.72. The Bertz CT molecular complexity index is 377. The highest BCUT2D eigenvalue weighted by atomic mass is 16.2. The van der Waals surface area contributed by atoms with Crippen LogP contribution in [-0.2, 0) is 11.2 Å². The van der Waals surface area contributed by atoms with Crippen molar-refractivity contribution in [2.24, 2.45) is 5.73 Å². The third kappa shape index (κ3) is 5.32. The van der Waals surface area contributed by atoms with Gasteiger partial charge < -0.3 is 11.1 Å². The van der Waals surface area contributed by atoms with E-state index in [4.69, 9.17) is 5.73 Å². The fourth-order valence-corrected chi connectivity index (χ4v) is 1.88. The van der Waals surface area contributed by atoms with Crippen LogP contribution in [0.15, 0.2) is 24.3 Å². The standard InChI is InChI=1S/C15H24N2O/c1-3-4-8-14(16)15(18)17-10-9-13-7-5-6-12(2)11-13/h5-7,11,14H,3-4,8-10,16H2,1-2H3,(H,17,18)/t14-/m0/s1. The summed E-state index contributed by atoms with van der Waals surface area (Å²) in [5, 5.41) is 2.90. The maximum Gasteiger partial charge on any atom is 0.236 e. The molecule has 0 heterocycles. The minimum absolute atomic E-state index is 0.0314. The lowest BCUT2D eigenvalue weighted by molar-refractivity contribution is -0.122. The van der Waals surface area contributed by atoms with Crippen LogP contribution < -0.4 is 11.1 Å². The molecule has 1 aromatic carbocycles. The predicted octanol–water partition coefficient (Wildman–Crippen LogP) is 2.17. The highest BCUT2D eigenvalue weighted by molar-refractivity contribution is 5.81. The highest BCUT2D eigenvalue weighted by Crippen LogP contribution is 2.04. The quantitative estimate of drug-likeness (QED) is 0.777. The van der Waals surface area contributed by atoms with E-state index in [1.54, 1.807) is 0 Å². The van der Waals surface area contributed by atoms with Gasteiger partial charge in [0.25, 0.3) is 0 Å². The minimum Gasteiger partial charge on any atom is -0.354 e. The molecule has 1 aromatic rings. The number of aryl methyl sites for hydroxylation is 1. The van der Waals surface area contributed by atoms with Gasteiger partial charge in [0.05, 0.1) is 6.04 Å². The van der Waals surface area contributed by atoms with E-state index in [1.807, 2.05) is 6.07 Å². The molecule has 3 heteroatoms. The Hall–Kier alpha value is -1.35. The number of rotatable bonds is 7. The van der Waals surface area contributed by atoms with E-state index in [0.29, 0.717) is 6.54 Å². The average Bonchev–Trinajstić information content (AvgIpc) is 2.35. The molecule has 0 spiro atoms. The summed E-state index contributed by atoms with van der Waals surface area (Å²) in [6.45, 7) is 4.83. The molecular formula is C15H24N2O. The predicted molar refractivity (Wildman–Crippen MR) is 75.4 cm³/mol. The number of nitrogens with one attached hydrogen (secondary N) is 1. The number of amides is 1. The van der Waals surface area contributed by atoms with Gasteiger partial charge in [-0.2, -0.15) is 0 Å². The summed E-state index contributed by atoms with van der Waals surface area (Å²) < 4.78 is 0. The van der Waals surface area contributed by atoms with Gasteiger partial charge in [-0.3, -0.25) is 4.79 Å². The molecule has 0 unspecified atom stereocenters. The summed E-state index contributed by atoms with van der Waals surface area (Å²) in [7, 11) is 0. The van der Waals surface area contributed by atoms with Gasteiger partial charge in [-0.15, -0.1) is 0 Å². The second-order valence-electron chi connectivity index (χ2n) is 4.78. The van der Waals surface area contributed by atoms with Crippen molar-refractivity contribution in [3.05, 3.63) is 35.4 Å². The number of hydrogen-bond acceptors (Lipinski definition) is 2. The second-order valence-corrected chi connectivity index (χ2v) is 4.78. The van der Waals surface area contributed by atoms with E-state index >= 15 is 0 Å². The summed E-state index contributed by atoms with van der Waals surface area (Å²) >= 11 is 0. The second kappa shape index (κ2) is 7.88. The number of benzene rings is 1. The topological polar surface area (TPSA) is 55.1 Å². The van der Waals surface area contributed by atoms with Crippen molar-refractivity contribution < 1.29 is 4.79 Å². The van der Waals surface area contributed by atoms with Crippen molar-refractivity contribution in [3.8, 4) is 0 Å². The number of hydrogen-bond donors (Lipinski definition) is 2. The summed E-state index contributed by atoms with van der Waals surface area (Å²) in [4.78, 5) is 11.7. The van der Waals surface area contributed by atoms with Crippen LogP contribution in [0.4, 0.5) is 0 Å². The van der Waals surface area contributed by atoms with Crippen molar-refractivity contribution >= 4 is 5.91 Å². The van der Waals surface area contributed by atoms with Crippen molar-refractivity contribution in [1.29, 1.82) is 0 Å². The summed E-state index contributed by atoms with van der Waals surface area (Å²) in [5.74, 6) is -0.0314. The summed E-state index contributed by atoms with van der Waals surface area (Å²) in [5.41, 5.74) is 8.29. The number of nitrogens with two attached hydrogens (primary N) is 1. The van der Waals surface area contributed by atoms with E-state index in [9.17, 15) is 4.79 Å². The molecule has 3 nitrogen and oxygen atoms in total. The number of carbonyl (C=O) groups excluding carboxylic acids is 1. The van der Waals surface area contributed by atoms with Crippen LogP contribution in [0.3, 0.4) is 0 Å². The van der Waals surface area contributed by atoms with Crippen LogP contribution in [-0.4, -0.2) is 18.5 Å². The molecule has 0 aliphatic heterocycles. The molecule has 0 saturated heterocycles. The van der Waals surface area contributed by atoms with Gasteiger partial charge >= 0.3 is 0 Å². The Kier molecular flexibility index (Phi) is 6.44. The SMILES string of the molecule is CCCC[C@H](N)C(=O)NCCc1cccc(C)c1. The van der Waals surface area contributed by atoms with Gasteiger partial charge in [0.2, 0.25) is 5.91 Å². The average molecular weight is 248 g/mol. The number of unbranched alkanes of at least 4 members (excludes halogenated alkanes) is 1. The maximum absolute atomic E-state index is 11.7. The van der Waals surface area contributed by atoms with Gasteiger partial charge in [0.15, 0.2) is 0 Å². The van der Waals surface area contributed by atoms with Crippen LogP contribution in [0.5, 0.6) is 0 Å². The molecule has 1 amide bonds. The molecule has 0 saturated carbocycles. The first-order valence-electron chi connectivity index (χ1n) is 6.72. The van der Waals surface area contributed by atoms with Crippen LogP contribution >= 0.6 is 0 Å². The molecule has 0 aromatic heterocycles. The van der Waals surface area contributed by atoms with Gasteiger partial charge in [-0.25, -0.2) is 0 Å². The summed E-state index contributed by atoms with van der Waals surface area (Å²) in [6, 6.07) is 7.98. The Labute approximate surface area is 110 Å². The van der Waals surface area contributed by atoms with Crippen molar-refractivity contribution in [2.75, 3.05) is 6.54 Å². The maximum atomic E-state index is 11.7. The number of carbonyl (C=O) groups is 1. The van der Waals surface area contributed by atoms with Gasteiger partial charge in [0, 0.05) is 6.54 Å². The van der Waals surface area contributed by atoms with E-state index in [1.165, 1.54) is 11.1 Å². The van der Waals surface area contributed by atoms with Crippen LogP contribution in [0.2, 0.25) is 0 Å². The molecule has 1 rings (SSSR count). The highest BCUT2D eigenvalue weighted by Gasteiger charge is 2.11. The van der Waals surface area contributed by atoms with Crippen molar-refractivity contribution in [1.82, 2.24) is 5.32 Å². The van der Waals surface area contributed by atoms with Crippen LogP contribution in [0, 0.1) is 6.92 Å². The third-order valence-electron chi connectivity index (χ3n) is 3.00. The van der Waals surface area contributed by atoms with E-state index in [0.717, 1.165) is 25.7 Å². The normalized spacial score (nSPS) is 12.2. The fraction of sp³-hybridized carbons (Fsp3) is 0.533. The van der Waals surface area contributed by atoms with Gasteiger partial charge in [0.1, 0.15) is 0 Å². The van der Waals surface area contributed by atoms with Crippen LogP contribution in [0.25, 0.3) is 0 Å². The zero-order chi connectivity index (χ0) is 13.4. The van der Waals surface area contributed by atoms with E-state index < -0.39 is 0 Å². The largest absolute Gasteiger partial charge is 0.354 e. The van der Waals surface area contributed by atoms with Crippen molar-refractivity contribution in [3.63, 3.8) is 0 Å². The monoisotopic (exact) mass is 248 g/mol. The molecule has 100 valence electrons. The molecule has 1 atom stereocenters. The molecule has 0 bridgehead atoms. The lowest BCUT2D eigenvalue weighted by Crippen LogP contribution is -2.41. The Morgan fingerprint density at radius 3 is 2.89 bits per heavy atom. The Balaban J connectivity index is 2.27. The minimum atomic E-state index is -0.359. The lowest BCUT2D eigenvalue weighted by atomic mass is 10.1. The van der Waals surface area contributed by atoms with E-state index in [-0.39, 0.29) is 11.9 Å². The zero-order valence-electron chi connectivity index (χ0n) is 11.4. The molecule has 0 aliphatic carbocycles. The zero-order valence-corrected chi connectivity index (χ0v) is 11.4. The Morgan fingerprint density at radius 1 is 1.44 bits per heavy atom. The molecule has 3 N–H and O–H groups in total. The lowest BCUT2D eigenvalue weighted by Gasteiger charge is -2.11. The van der Waals surface area contributed by atoms with E-state index in [2.05, 4.69) is 37.4 Å². The first kappa shape index (κ1) is 14.7. The fourth-order valence-electron chi connectivity index (χ4n) is 1.88. The van der Waals surface area contributed by atoms with Crippen LogP contribution in [0.1, 0.15) is 37.3 Å². The third-order valence-corrected chi connectivity index (χ3v) is 3.00. The molecular weight excluding hydrogens is 224 g/mol. The van der Waals surface area contributed by atoms with Gasteiger partial charge in [-0.1, -0.05) is 49.6 Å². The first-order chi connectivity index (χ1) is 8.63. The summed E-state index contributed by atoms with van der Waals surface area (Å²) in [6.07, 6.45) is 3.71. The smallest absolute Gasteiger partial charge is 0.236 e. The molecule has 0 aliphatic rings. The Morgan fingerprint density at radius 2 is 2.22 bits per heavy atom. The van der Waals surface area contributed by atoms with Gasteiger partial charge in [-0.05, 0) is 25.3 Å². The molecule has 18 heavy (non-hydrogen) atoms. The van der Waals surface area contributed by atoms with Crippen molar-refractivity contribution in [2.45, 2.75) is 45.6 Å².